The van der Waals surface area contributed by atoms with Crippen LogP contribution in [0, 0.1) is 0 Å². The van der Waals surface area contributed by atoms with Crippen molar-refractivity contribution >= 4 is 16.1 Å². The van der Waals surface area contributed by atoms with Crippen molar-refractivity contribution in [1.29, 1.82) is 0 Å². The maximum absolute atomic E-state index is 15.0. The zero-order valence-corrected chi connectivity index (χ0v) is 18.6. The molecule has 0 aromatic heterocycles. The summed E-state index contributed by atoms with van der Waals surface area (Å²) in [4.78, 5) is 16.7. The highest BCUT2D eigenvalue weighted by atomic mass is 32.2. The van der Waals surface area contributed by atoms with Crippen LogP contribution in [0.2, 0.25) is 0 Å². The van der Waals surface area contributed by atoms with Gasteiger partial charge >= 0.3 is 6.09 Å². The van der Waals surface area contributed by atoms with Gasteiger partial charge in [0.25, 0.3) is 0 Å². The van der Waals surface area contributed by atoms with Crippen molar-refractivity contribution in [3.8, 4) is 0 Å². The molecule has 10 heteroatoms. The maximum atomic E-state index is 15.0. The van der Waals surface area contributed by atoms with Gasteiger partial charge in [-0.15, -0.1) is 0 Å². The van der Waals surface area contributed by atoms with E-state index in [1.54, 1.807) is 18.7 Å². The molecule has 0 bridgehead atoms. The van der Waals surface area contributed by atoms with Gasteiger partial charge in [-0.3, -0.25) is 4.90 Å². The Hall–Kier alpha value is -1.23. The molecular formula is C20H32FN3O5S. The first-order chi connectivity index (χ1) is 14.3. The molecule has 4 rings (SSSR count). The average molecular weight is 446 g/mol. The van der Waals surface area contributed by atoms with E-state index in [9.17, 15) is 17.6 Å². The van der Waals surface area contributed by atoms with E-state index in [1.807, 2.05) is 0 Å². The van der Waals surface area contributed by atoms with Crippen molar-refractivity contribution in [3.63, 3.8) is 0 Å². The number of morpholine rings is 1. The molecule has 0 aromatic rings. The Morgan fingerprint density at radius 1 is 1.17 bits per heavy atom. The van der Waals surface area contributed by atoms with E-state index in [0.29, 0.717) is 50.5 Å². The third kappa shape index (κ3) is 4.24. The lowest BCUT2D eigenvalue weighted by Crippen LogP contribution is -2.53. The molecule has 0 N–H and O–H groups in total. The number of amides is 1. The highest BCUT2D eigenvalue weighted by Crippen LogP contribution is 2.33. The molecule has 3 unspecified atom stereocenters. The first-order valence-corrected chi connectivity index (χ1v) is 12.3. The van der Waals surface area contributed by atoms with Crippen LogP contribution in [0.3, 0.4) is 0 Å². The summed E-state index contributed by atoms with van der Waals surface area (Å²) < 4.78 is 52.5. The van der Waals surface area contributed by atoms with Gasteiger partial charge in [-0.25, -0.2) is 17.6 Å². The fourth-order valence-electron chi connectivity index (χ4n) is 5.17. The number of allylic oxidation sites excluding steroid dienone is 1. The molecular weight excluding hydrogens is 413 g/mol. The van der Waals surface area contributed by atoms with Crippen LogP contribution in [0.5, 0.6) is 0 Å². The second kappa shape index (κ2) is 8.72. The Labute approximate surface area is 178 Å². The lowest BCUT2D eigenvalue weighted by atomic mass is 9.87. The summed E-state index contributed by atoms with van der Waals surface area (Å²) in [7, 11) is -3.48. The summed E-state index contributed by atoms with van der Waals surface area (Å²) in [5.74, 6) is 0. The van der Waals surface area contributed by atoms with Crippen LogP contribution in [-0.2, 0) is 19.5 Å². The van der Waals surface area contributed by atoms with Gasteiger partial charge < -0.3 is 14.4 Å². The quantitative estimate of drug-likeness (QED) is 0.656. The van der Waals surface area contributed by atoms with E-state index in [0.717, 1.165) is 25.1 Å². The second-order valence-corrected chi connectivity index (χ2v) is 10.9. The fourth-order valence-corrected chi connectivity index (χ4v) is 7.04. The van der Waals surface area contributed by atoms with Gasteiger partial charge in [0.05, 0.1) is 31.2 Å². The van der Waals surface area contributed by atoms with Crippen molar-refractivity contribution in [1.82, 2.24) is 14.1 Å². The summed E-state index contributed by atoms with van der Waals surface area (Å²) in [5, 5.41) is 0. The van der Waals surface area contributed by atoms with E-state index < -0.39 is 28.4 Å². The molecule has 0 radical (unpaired) electrons. The number of nitrogens with zero attached hydrogens (tertiary/aromatic N) is 3. The zero-order valence-electron chi connectivity index (χ0n) is 17.8. The van der Waals surface area contributed by atoms with Gasteiger partial charge in [0.2, 0.25) is 10.0 Å². The lowest BCUT2D eigenvalue weighted by molar-refractivity contribution is -0.0232. The Balaban J connectivity index is 1.34. The predicted molar refractivity (Wildman–Crippen MR) is 109 cm³/mol. The van der Waals surface area contributed by atoms with Gasteiger partial charge in [0, 0.05) is 38.1 Å². The summed E-state index contributed by atoms with van der Waals surface area (Å²) in [5.41, 5.74) is 0.800. The minimum Gasteiger partial charge on any atom is -0.443 e. The van der Waals surface area contributed by atoms with Crippen molar-refractivity contribution in [2.75, 3.05) is 45.9 Å². The number of rotatable bonds is 4. The van der Waals surface area contributed by atoms with Crippen LogP contribution in [0.1, 0.15) is 39.5 Å². The third-order valence-corrected chi connectivity index (χ3v) is 9.02. The monoisotopic (exact) mass is 445 g/mol. The lowest BCUT2D eigenvalue weighted by Gasteiger charge is -2.42. The zero-order chi connectivity index (χ0) is 21.5. The number of carbonyl (C=O) groups excluding carboxylic acids is 1. The summed E-state index contributed by atoms with van der Waals surface area (Å²) in [6.07, 6.45) is 0.254. The molecule has 0 aromatic carbocycles. The van der Waals surface area contributed by atoms with Gasteiger partial charge in [0.15, 0.2) is 0 Å². The van der Waals surface area contributed by atoms with Crippen molar-refractivity contribution in [2.45, 2.75) is 63.9 Å². The van der Waals surface area contributed by atoms with Crippen LogP contribution in [0.25, 0.3) is 0 Å². The van der Waals surface area contributed by atoms with Crippen LogP contribution in [-0.4, -0.2) is 98.9 Å². The molecule has 4 atom stereocenters. The Bertz CT molecular complexity index is 794. The van der Waals surface area contributed by atoms with E-state index in [-0.39, 0.29) is 18.6 Å². The first kappa shape index (κ1) is 22.0. The topological polar surface area (TPSA) is 79.4 Å². The molecule has 1 saturated carbocycles. The fraction of sp³-hybridized carbons (Fsp3) is 0.850. The molecule has 4 fully saturated rings. The normalized spacial score (nSPS) is 35.6. The molecule has 3 heterocycles. The molecule has 3 saturated heterocycles. The highest BCUT2D eigenvalue weighted by Gasteiger charge is 2.44. The van der Waals surface area contributed by atoms with Crippen LogP contribution in [0.4, 0.5) is 9.18 Å². The predicted octanol–water partition coefficient (Wildman–Crippen LogP) is 1.73. The van der Waals surface area contributed by atoms with Crippen LogP contribution < -0.4 is 0 Å². The number of ether oxygens (including phenoxy) is 2. The van der Waals surface area contributed by atoms with Gasteiger partial charge in [-0.1, -0.05) is 5.57 Å². The maximum Gasteiger partial charge on any atom is 0.410 e. The molecule has 8 nitrogen and oxygen atoms in total. The Morgan fingerprint density at radius 3 is 2.53 bits per heavy atom. The Morgan fingerprint density at radius 2 is 1.90 bits per heavy atom. The number of sulfonamides is 1. The molecule has 170 valence electrons. The third-order valence-electron chi connectivity index (χ3n) is 6.77. The SMILES string of the molecule is CC(C)=C1CCN(C[C@H]2CN(C3CCC(N4CCOCC4)C(F)C3)C(=O)O2)S1(=O)=O. The molecule has 1 aliphatic carbocycles. The molecule has 4 aliphatic rings. The van der Waals surface area contributed by atoms with E-state index in [4.69, 9.17) is 9.47 Å². The minimum absolute atomic E-state index is 0.114. The Kier molecular flexibility index (Phi) is 6.39. The summed E-state index contributed by atoms with van der Waals surface area (Å²) >= 11 is 0. The van der Waals surface area contributed by atoms with Crippen LogP contribution >= 0.6 is 0 Å². The number of carbonyl (C=O) groups is 1. The number of cyclic esters (lactones) is 1. The van der Waals surface area contributed by atoms with Crippen molar-refractivity contribution < 1.29 is 27.1 Å². The van der Waals surface area contributed by atoms with Gasteiger partial charge in [-0.05, 0) is 33.1 Å². The largest absolute Gasteiger partial charge is 0.443 e. The summed E-state index contributed by atoms with van der Waals surface area (Å²) in [6, 6.07) is -0.310. The van der Waals surface area contributed by atoms with Crippen molar-refractivity contribution in [2.24, 2.45) is 0 Å². The molecule has 0 spiro atoms. The number of hydrogen-bond donors (Lipinski definition) is 0. The standard InChI is InChI=1S/C20H32FN3O5S/c1-14(2)19-5-6-23(30(19,26)27)12-16-13-24(20(25)29-16)15-3-4-18(17(21)11-15)22-7-9-28-10-8-22/h15-18H,3-13H2,1-2H3/t15?,16-,17?,18?/m0/s1. The van der Waals surface area contributed by atoms with E-state index in [2.05, 4.69) is 4.90 Å². The highest BCUT2D eigenvalue weighted by molar-refractivity contribution is 7.93. The first-order valence-electron chi connectivity index (χ1n) is 10.9. The molecule has 30 heavy (non-hydrogen) atoms. The number of alkyl halides is 1. The van der Waals surface area contributed by atoms with E-state index in [1.165, 1.54) is 4.31 Å². The smallest absolute Gasteiger partial charge is 0.410 e. The molecule has 3 aliphatic heterocycles. The number of halogens is 1. The van der Waals surface area contributed by atoms with Gasteiger partial charge in [-0.2, -0.15) is 4.31 Å². The van der Waals surface area contributed by atoms with Crippen LogP contribution in [0.15, 0.2) is 10.5 Å². The van der Waals surface area contributed by atoms with E-state index >= 15 is 0 Å². The van der Waals surface area contributed by atoms with Crippen molar-refractivity contribution in [3.05, 3.63) is 10.5 Å². The number of hydrogen-bond acceptors (Lipinski definition) is 6. The summed E-state index contributed by atoms with van der Waals surface area (Å²) in [6.45, 7) is 7.26. The average Bonchev–Trinajstić information content (AvgIpc) is 3.21. The molecule has 1 amide bonds. The minimum atomic E-state index is -3.48. The second-order valence-electron chi connectivity index (χ2n) is 8.89. The van der Waals surface area contributed by atoms with Gasteiger partial charge in [0.1, 0.15) is 12.3 Å².